The number of carbonyl (C=O) groups excluding carboxylic acids is 1. The van der Waals surface area contributed by atoms with Crippen LogP contribution in [0, 0.1) is 0 Å². The highest BCUT2D eigenvalue weighted by atomic mass is 127. The molecule has 0 aromatic rings. The van der Waals surface area contributed by atoms with E-state index < -0.39 is 5.60 Å². The monoisotopic (exact) mass is 371 g/mol. The fourth-order valence-corrected chi connectivity index (χ4v) is 1.80. The number of nitrogens with one attached hydrogen (secondary N) is 1. The first-order valence-corrected chi connectivity index (χ1v) is 8.09. The Balaban J connectivity index is 3.23. The molecule has 0 aliphatic carbocycles. The van der Waals surface area contributed by atoms with Gasteiger partial charge in [-0.25, -0.2) is 4.79 Å². The SMILES string of the molecule is CC(C)(C)OC(=O)NCCCOCCCCCI. The van der Waals surface area contributed by atoms with Gasteiger partial charge in [0.2, 0.25) is 0 Å². The van der Waals surface area contributed by atoms with Crippen molar-refractivity contribution < 1.29 is 14.3 Å². The minimum atomic E-state index is -0.431. The molecule has 0 heterocycles. The van der Waals surface area contributed by atoms with E-state index in [1.807, 2.05) is 20.8 Å². The lowest BCUT2D eigenvalue weighted by molar-refractivity contribution is 0.0519. The summed E-state index contributed by atoms with van der Waals surface area (Å²) in [6.45, 7) is 7.67. The Morgan fingerprint density at radius 2 is 1.78 bits per heavy atom. The summed E-state index contributed by atoms with van der Waals surface area (Å²) in [5, 5.41) is 2.71. The van der Waals surface area contributed by atoms with Crippen LogP contribution in [0.5, 0.6) is 0 Å². The number of halogens is 1. The van der Waals surface area contributed by atoms with Gasteiger partial charge in [0, 0.05) is 19.8 Å². The van der Waals surface area contributed by atoms with Gasteiger partial charge >= 0.3 is 6.09 Å². The fraction of sp³-hybridized carbons (Fsp3) is 0.923. The lowest BCUT2D eigenvalue weighted by Gasteiger charge is -2.19. The number of carbonyl (C=O) groups is 1. The minimum Gasteiger partial charge on any atom is -0.444 e. The highest BCUT2D eigenvalue weighted by molar-refractivity contribution is 14.1. The maximum absolute atomic E-state index is 11.3. The van der Waals surface area contributed by atoms with Crippen LogP contribution >= 0.6 is 22.6 Å². The summed E-state index contributed by atoms with van der Waals surface area (Å²) in [7, 11) is 0. The highest BCUT2D eigenvalue weighted by Crippen LogP contribution is 2.06. The Morgan fingerprint density at radius 3 is 2.39 bits per heavy atom. The van der Waals surface area contributed by atoms with Gasteiger partial charge in [-0.1, -0.05) is 29.0 Å². The van der Waals surface area contributed by atoms with Crippen molar-refractivity contribution in [3.05, 3.63) is 0 Å². The molecule has 1 N–H and O–H groups in total. The molecule has 0 aromatic heterocycles. The van der Waals surface area contributed by atoms with Crippen molar-refractivity contribution in [2.75, 3.05) is 24.2 Å². The third kappa shape index (κ3) is 14.0. The second-order valence-electron chi connectivity index (χ2n) is 5.14. The quantitative estimate of drug-likeness (QED) is 0.383. The lowest BCUT2D eigenvalue weighted by atomic mass is 10.2. The van der Waals surface area contributed by atoms with Gasteiger partial charge in [0.15, 0.2) is 0 Å². The van der Waals surface area contributed by atoms with Crippen molar-refractivity contribution >= 4 is 28.7 Å². The molecule has 0 fully saturated rings. The molecule has 0 spiro atoms. The van der Waals surface area contributed by atoms with E-state index in [4.69, 9.17) is 9.47 Å². The zero-order chi connectivity index (χ0) is 13.9. The van der Waals surface area contributed by atoms with Crippen molar-refractivity contribution in [2.24, 2.45) is 0 Å². The first-order chi connectivity index (χ1) is 8.45. The summed E-state index contributed by atoms with van der Waals surface area (Å²) in [4.78, 5) is 11.3. The van der Waals surface area contributed by atoms with Crippen LogP contribution in [-0.4, -0.2) is 35.9 Å². The Bertz CT molecular complexity index is 217. The molecule has 108 valence electrons. The Labute approximate surface area is 124 Å². The van der Waals surface area contributed by atoms with Crippen LogP contribution in [-0.2, 0) is 9.47 Å². The number of amides is 1. The minimum absolute atomic E-state index is 0.357. The van der Waals surface area contributed by atoms with E-state index in [0.717, 1.165) is 19.4 Å². The normalized spacial score (nSPS) is 11.3. The zero-order valence-corrected chi connectivity index (χ0v) is 13.9. The average Bonchev–Trinajstić information content (AvgIpc) is 2.24. The molecule has 0 saturated heterocycles. The molecule has 0 atom stereocenters. The van der Waals surface area contributed by atoms with Gasteiger partial charge in [0.25, 0.3) is 0 Å². The molecular weight excluding hydrogens is 345 g/mol. The maximum atomic E-state index is 11.3. The van der Waals surface area contributed by atoms with Gasteiger partial charge in [-0.05, 0) is 44.5 Å². The van der Waals surface area contributed by atoms with Gasteiger partial charge in [0.1, 0.15) is 5.60 Å². The molecule has 0 aliphatic heterocycles. The second kappa shape index (κ2) is 10.8. The van der Waals surface area contributed by atoms with Crippen molar-refractivity contribution in [2.45, 2.75) is 52.1 Å². The highest BCUT2D eigenvalue weighted by Gasteiger charge is 2.15. The topological polar surface area (TPSA) is 47.6 Å². The first kappa shape index (κ1) is 18.0. The summed E-state index contributed by atoms with van der Waals surface area (Å²) < 4.78 is 11.8. The molecular formula is C13H26INO3. The van der Waals surface area contributed by atoms with Crippen LogP contribution in [0.4, 0.5) is 4.79 Å². The molecule has 0 bridgehead atoms. The van der Waals surface area contributed by atoms with Crippen LogP contribution in [0.25, 0.3) is 0 Å². The molecule has 0 rings (SSSR count). The predicted molar refractivity (Wildman–Crippen MR) is 82.4 cm³/mol. The van der Waals surface area contributed by atoms with E-state index in [1.54, 1.807) is 0 Å². The average molecular weight is 371 g/mol. The predicted octanol–water partition coefficient (Wildman–Crippen LogP) is 3.52. The number of hydrogen-bond donors (Lipinski definition) is 1. The molecule has 0 saturated carbocycles. The Morgan fingerprint density at radius 1 is 1.11 bits per heavy atom. The van der Waals surface area contributed by atoms with Crippen molar-refractivity contribution in [1.82, 2.24) is 5.32 Å². The number of alkyl carbamates (subject to hydrolysis) is 1. The van der Waals surface area contributed by atoms with Gasteiger partial charge in [-0.3, -0.25) is 0 Å². The van der Waals surface area contributed by atoms with E-state index >= 15 is 0 Å². The largest absolute Gasteiger partial charge is 0.444 e. The first-order valence-electron chi connectivity index (χ1n) is 6.56. The lowest BCUT2D eigenvalue weighted by Crippen LogP contribution is -2.33. The molecule has 0 radical (unpaired) electrons. The smallest absolute Gasteiger partial charge is 0.407 e. The van der Waals surface area contributed by atoms with Gasteiger partial charge in [-0.2, -0.15) is 0 Å². The molecule has 5 heteroatoms. The van der Waals surface area contributed by atoms with Crippen LogP contribution in [0.3, 0.4) is 0 Å². The van der Waals surface area contributed by atoms with E-state index in [0.29, 0.717) is 13.2 Å². The van der Waals surface area contributed by atoms with Crippen molar-refractivity contribution in [1.29, 1.82) is 0 Å². The summed E-state index contributed by atoms with van der Waals surface area (Å²) in [5.41, 5.74) is -0.431. The number of rotatable bonds is 9. The van der Waals surface area contributed by atoms with Gasteiger partial charge < -0.3 is 14.8 Å². The molecule has 4 nitrogen and oxygen atoms in total. The third-order valence-corrected chi connectivity index (χ3v) is 2.82. The maximum Gasteiger partial charge on any atom is 0.407 e. The molecule has 1 amide bonds. The third-order valence-electron chi connectivity index (χ3n) is 2.06. The Kier molecular flexibility index (Phi) is 10.8. The summed E-state index contributed by atoms with van der Waals surface area (Å²) in [5.74, 6) is 0. The standard InChI is InChI=1S/C13H26INO3/c1-13(2,3)18-12(16)15-9-7-11-17-10-6-4-5-8-14/h4-11H2,1-3H3,(H,15,16). The summed E-state index contributed by atoms with van der Waals surface area (Å²) in [6, 6.07) is 0. The van der Waals surface area contributed by atoms with E-state index in [2.05, 4.69) is 27.9 Å². The van der Waals surface area contributed by atoms with Crippen LogP contribution in [0.15, 0.2) is 0 Å². The van der Waals surface area contributed by atoms with E-state index in [9.17, 15) is 4.79 Å². The molecule has 0 aromatic carbocycles. The van der Waals surface area contributed by atoms with Crippen LogP contribution in [0.1, 0.15) is 46.5 Å². The second-order valence-corrected chi connectivity index (χ2v) is 6.22. The number of ether oxygens (including phenoxy) is 2. The number of alkyl halides is 1. The van der Waals surface area contributed by atoms with Gasteiger partial charge in [-0.15, -0.1) is 0 Å². The van der Waals surface area contributed by atoms with E-state index in [-0.39, 0.29) is 6.09 Å². The Hall–Kier alpha value is -0.0400. The van der Waals surface area contributed by atoms with Crippen molar-refractivity contribution in [3.8, 4) is 0 Å². The van der Waals surface area contributed by atoms with E-state index in [1.165, 1.54) is 17.3 Å². The molecule has 18 heavy (non-hydrogen) atoms. The fourth-order valence-electron chi connectivity index (χ4n) is 1.26. The summed E-state index contributed by atoms with van der Waals surface area (Å²) >= 11 is 2.39. The van der Waals surface area contributed by atoms with Crippen LogP contribution in [0.2, 0.25) is 0 Å². The van der Waals surface area contributed by atoms with Crippen LogP contribution < -0.4 is 5.32 Å². The summed E-state index contributed by atoms with van der Waals surface area (Å²) in [6.07, 6.45) is 4.10. The zero-order valence-electron chi connectivity index (χ0n) is 11.8. The molecule has 0 unspecified atom stereocenters. The molecule has 0 aliphatic rings. The van der Waals surface area contributed by atoms with Gasteiger partial charge in [0.05, 0.1) is 0 Å². The number of hydrogen-bond acceptors (Lipinski definition) is 3. The van der Waals surface area contributed by atoms with Crippen molar-refractivity contribution in [3.63, 3.8) is 0 Å². The number of unbranched alkanes of at least 4 members (excludes halogenated alkanes) is 2.